The van der Waals surface area contributed by atoms with Gasteiger partial charge < -0.3 is 19.4 Å². The van der Waals surface area contributed by atoms with Gasteiger partial charge in [0.2, 0.25) is 0 Å². The maximum atomic E-state index is 13.7. The molecule has 0 spiro atoms. The predicted molar refractivity (Wildman–Crippen MR) is 72.7 cm³/mol. The van der Waals surface area contributed by atoms with Crippen molar-refractivity contribution >= 4 is 5.97 Å². The third-order valence-corrected chi connectivity index (χ3v) is 2.76. The predicted octanol–water partition coefficient (Wildman–Crippen LogP) is -0.989. The van der Waals surface area contributed by atoms with Crippen molar-refractivity contribution < 1.29 is 75.1 Å². The number of hydrogen-bond acceptors (Lipinski definition) is 5. The van der Waals surface area contributed by atoms with E-state index in [2.05, 4.69) is 0 Å². The first kappa shape index (κ1) is 19.6. The molecule has 0 amide bonds. The summed E-state index contributed by atoms with van der Waals surface area (Å²) in [5.41, 5.74) is 0.199. The van der Waals surface area contributed by atoms with Crippen LogP contribution in [-0.4, -0.2) is 12.1 Å². The van der Waals surface area contributed by atoms with Gasteiger partial charge in [0.1, 0.15) is 17.6 Å². The normalized spacial score (nSPS) is 10.8. The molecule has 0 radical (unpaired) electrons. The second kappa shape index (κ2) is 9.01. The van der Waals surface area contributed by atoms with Gasteiger partial charge in [0.05, 0.1) is 17.6 Å². The number of carbonyl (C=O) groups excluding carboxylic acids is 1. The smallest absolute Gasteiger partial charge is 0.546 e. The van der Waals surface area contributed by atoms with E-state index in [1.54, 1.807) is 0 Å². The summed E-state index contributed by atoms with van der Waals surface area (Å²) in [5.74, 6) is -1.32. The van der Waals surface area contributed by atoms with Crippen molar-refractivity contribution in [2.75, 3.05) is 0 Å². The van der Waals surface area contributed by atoms with Crippen molar-refractivity contribution in [1.82, 2.24) is 0 Å². The van der Waals surface area contributed by atoms with Gasteiger partial charge in [0.25, 0.3) is 0 Å². The molecule has 1 atom stereocenters. The van der Waals surface area contributed by atoms with Crippen LogP contribution < -0.4 is 66.0 Å². The number of benzene rings is 2. The van der Waals surface area contributed by atoms with Crippen LogP contribution in [0.15, 0.2) is 42.5 Å². The van der Waals surface area contributed by atoms with Gasteiger partial charge in [-0.3, -0.25) is 0 Å². The zero-order valence-corrected chi connectivity index (χ0v) is 15.7. The molecular weight excluding hydrogens is 328 g/mol. The van der Waals surface area contributed by atoms with Gasteiger partial charge in [0, 0.05) is 0 Å². The monoisotopic (exact) mass is 339 g/mol. The van der Waals surface area contributed by atoms with Crippen molar-refractivity contribution in [3.63, 3.8) is 0 Å². The number of nitrogens with zero attached hydrogens (tertiary/aromatic N) is 1. The van der Waals surface area contributed by atoms with Crippen molar-refractivity contribution in [2.24, 2.45) is 0 Å². The van der Waals surface area contributed by atoms with Crippen molar-refractivity contribution in [2.45, 2.75) is 13.0 Å². The SMILES string of the molecule is C[C@@H](Oc1ccc(Oc2ccc(C#N)cc2F)cc1)C(=O)[O-].[K+]. The van der Waals surface area contributed by atoms with Crippen LogP contribution in [0.3, 0.4) is 0 Å². The Hall–Kier alpha value is -1.43. The third-order valence-electron chi connectivity index (χ3n) is 2.76. The summed E-state index contributed by atoms with van der Waals surface area (Å²) in [6.45, 7) is 1.35. The van der Waals surface area contributed by atoms with Crippen LogP contribution in [0, 0.1) is 17.1 Å². The number of carboxylic acid groups (broad SMARTS) is 1. The van der Waals surface area contributed by atoms with Gasteiger partial charge in [-0.1, -0.05) is 0 Å². The Morgan fingerprint density at radius 1 is 1.22 bits per heavy atom. The number of ether oxygens (including phenoxy) is 2. The minimum atomic E-state index is -1.32. The number of rotatable bonds is 5. The molecule has 0 saturated heterocycles. The molecule has 0 aliphatic rings. The number of carbonyl (C=O) groups is 1. The fourth-order valence-electron chi connectivity index (χ4n) is 1.62. The van der Waals surface area contributed by atoms with Crippen LogP contribution in [-0.2, 0) is 4.79 Å². The number of carboxylic acids is 1. The first-order valence-corrected chi connectivity index (χ1v) is 6.34. The topological polar surface area (TPSA) is 82.4 Å². The molecule has 0 aromatic heterocycles. The van der Waals surface area contributed by atoms with Crippen LogP contribution in [0.4, 0.5) is 4.39 Å². The second-order valence-corrected chi connectivity index (χ2v) is 4.41. The van der Waals surface area contributed by atoms with E-state index in [0.717, 1.165) is 6.07 Å². The summed E-state index contributed by atoms with van der Waals surface area (Å²) in [5, 5.41) is 19.2. The molecule has 2 aromatic carbocycles. The number of hydrogen-bond donors (Lipinski definition) is 0. The molecule has 0 bridgehead atoms. The van der Waals surface area contributed by atoms with Gasteiger partial charge >= 0.3 is 51.4 Å². The van der Waals surface area contributed by atoms with Crippen LogP contribution in [0.5, 0.6) is 17.2 Å². The largest absolute Gasteiger partial charge is 1.00 e. The minimum Gasteiger partial charge on any atom is -0.546 e. The molecule has 0 aliphatic heterocycles. The zero-order chi connectivity index (χ0) is 16.1. The molecule has 2 aromatic rings. The van der Waals surface area contributed by atoms with Gasteiger partial charge in [-0.15, -0.1) is 0 Å². The van der Waals surface area contributed by atoms with Gasteiger partial charge in [-0.05, 0) is 49.4 Å². The van der Waals surface area contributed by atoms with Crippen LogP contribution >= 0.6 is 0 Å². The average Bonchev–Trinajstić information content (AvgIpc) is 2.51. The van der Waals surface area contributed by atoms with Crippen LogP contribution in [0.2, 0.25) is 0 Å². The maximum Gasteiger partial charge on any atom is 1.00 e. The standard InChI is InChI=1S/C16H12FNO4.K/c1-10(16(19)20)21-12-3-5-13(6-4-12)22-15-7-2-11(9-18)8-14(15)17;/h2-8,10H,1H3,(H,19,20);/q;+1/p-1/t10-;/m1./s1. The Labute approximate surface area is 175 Å². The molecule has 0 unspecified atom stereocenters. The molecular formula is C16H11FKNO4. The summed E-state index contributed by atoms with van der Waals surface area (Å²) in [6.07, 6.45) is -1.08. The molecule has 112 valence electrons. The van der Waals surface area contributed by atoms with E-state index in [1.165, 1.54) is 43.3 Å². The fourth-order valence-corrected chi connectivity index (χ4v) is 1.62. The second-order valence-electron chi connectivity index (χ2n) is 4.41. The molecule has 7 heteroatoms. The number of nitriles is 1. The van der Waals surface area contributed by atoms with Gasteiger partial charge in [-0.25, -0.2) is 4.39 Å². The Morgan fingerprint density at radius 2 is 1.83 bits per heavy atom. The molecule has 0 heterocycles. The Balaban J connectivity index is 0.00000264. The van der Waals surface area contributed by atoms with Gasteiger partial charge in [0.15, 0.2) is 11.6 Å². The summed E-state index contributed by atoms with van der Waals surface area (Å²) >= 11 is 0. The molecule has 23 heavy (non-hydrogen) atoms. The van der Waals surface area contributed by atoms with E-state index in [1.807, 2.05) is 6.07 Å². The summed E-state index contributed by atoms with van der Waals surface area (Å²) in [6, 6.07) is 11.7. The minimum absolute atomic E-state index is 0. The first-order valence-electron chi connectivity index (χ1n) is 6.34. The van der Waals surface area contributed by atoms with E-state index < -0.39 is 17.9 Å². The van der Waals surface area contributed by atoms with Crippen molar-refractivity contribution in [3.05, 3.63) is 53.8 Å². The summed E-state index contributed by atoms with van der Waals surface area (Å²) in [4.78, 5) is 10.6. The quantitative estimate of drug-likeness (QED) is 0.654. The van der Waals surface area contributed by atoms with Crippen LogP contribution in [0.1, 0.15) is 12.5 Å². The molecule has 0 saturated carbocycles. The zero-order valence-electron chi connectivity index (χ0n) is 12.6. The number of halogens is 1. The Bertz CT molecular complexity index is 728. The molecule has 5 nitrogen and oxygen atoms in total. The average molecular weight is 339 g/mol. The Morgan fingerprint density at radius 3 is 2.35 bits per heavy atom. The van der Waals surface area contributed by atoms with E-state index in [9.17, 15) is 14.3 Å². The fraction of sp³-hybridized carbons (Fsp3) is 0.125. The Kier molecular flexibility index (Phi) is 7.68. The third kappa shape index (κ3) is 5.60. The van der Waals surface area contributed by atoms with Gasteiger partial charge in [-0.2, -0.15) is 5.26 Å². The van der Waals surface area contributed by atoms with E-state index in [4.69, 9.17) is 14.7 Å². The maximum absolute atomic E-state index is 13.7. The van der Waals surface area contributed by atoms with E-state index >= 15 is 0 Å². The molecule has 0 fully saturated rings. The van der Waals surface area contributed by atoms with Crippen LogP contribution in [0.25, 0.3) is 0 Å². The summed E-state index contributed by atoms with van der Waals surface area (Å²) in [7, 11) is 0. The summed E-state index contributed by atoms with van der Waals surface area (Å²) < 4.78 is 24.1. The number of aliphatic carboxylic acids is 1. The molecule has 0 aliphatic carbocycles. The molecule has 0 N–H and O–H groups in total. The van der Waals surface area contributed by atoms with Crippen molar-refractivity contribution in [3.8, 4) is 23.3 Å². The van der Waals surface area contributed by atoms with E-state index in [-0.39, 0.29) is 62.7 Å². The van der Waals surface area contributed by atoms with E-state index in [0.29, 0.717) is 11.5 Å². The molecule has 2 rings (SSSR count). The van der Waals surface area contributed by atoms with Crippen molar-refractivity contribution in [1.29, 1.82) is 5.26 Å². The first-order chi connectivity index (χ1) is 10.5.